The van der Waals surface area contributed by atoms with Crippen LogP contribution in [0.4, 0.5) is 5.82 Å². The van der Waals surface area contributed by atoms with Crippen molar-refractivity contribution in [3.8, 4) is 0 Å². The Bertz CT molecular complexity index is 790. The third-order valence-corrected chi connectivity index (χ3v) is 3.80. The number of nitrogens with zero attached hydrogens (tertiary/aromatic N) is 2. The number of anilines is 1. The normalized spacial score (nSPS) is 10.8. The van der Waals surface area contributed by atoms with Gasteiger partial charge in [0.2, 0.25) is 5.91 Å². The van der Waals surface area contributed by atoms with Gasteiger partial charge in [-0.15, -0.1) is 0 Å². The molecule has 0 spiro atoms. The molecule has 4 heteroatoms. The molecule has 0 radical (unpaired) electrons. The molecule has 0 aliphatic carbocycles. The number of fused-ring (bicyclic) bond motifs is 1. The molecular weight excluding hydrogens is 262 g/mol. The van der Waals surface area contributed by atoms with Gasteiger partial charge in [0.1, 0.15) is 5.82 Å². The largest absolute Gasteiger partial charge is 0.348 e. The number of carbonyl (C=O) groups is 1. The molecule has 2 aromatic heterocycles. The first kappa shape index (κ1) is 13.4. The van der Waals surface area contributed by atoms with Gasteiger partial charge >= 0.3 is 0 Å². The number of para-hydroxylation sites is 1. The molecule has 4 nitrogen and oxygen atoms in total. The van der Waals surface area contributed by atoms with E-state index < -0.39 is 0 Å². The zero-order valence-corrected chi connectivity index (χ0v) is 12.1. The van der Waals surface area contributed by atoms with Gasteiger partial charge in [-0.3, -0.25) is 4.79 Å². The van der Waals surface area contributed by atoms with Crippen LogP contribution in [0.1, 0.15) is 11.3 Å². The Kier molecular flexibility index (Phi) is 3.44. The quantitative estimate of drug-likeness (QED) is 0.801. The lowest BCUT2D eigenvalue weighted by atomic mass is 10.1. The molecule has 106 valence electrons. The number of pyridine rings is 1. The highest BCUT2D eigenvalue weighted by Crippen LogP contribution is 2.25. The van der Waals surface area contributed by atoms with E-state index in [1.165, 1.54) is 0 Å². The van der Waals surface area contributed by atoms with Gasteiger partial charge in [0.05, 0.1) is 6.42 Å². The van der Waals surface area contributed by atoms with Crippen molar-refractivity contribution in [1.82, 2.24) is 9.55 Å². The maximum Gasteiger partial charge on any atom is 0.230 e. The van der Waals surface area contributed by atoms with Crippen molar-refractivity contribution >= 4 is 22.6 Å². The predicted octanol–water partition coefficient (Wildman–Crippen LogP) is 3.06. The number of hydrogen-bond donors (Lipinski definition) is 1. The Morgan fingerprint density at radius 2 is 1.95 bits per heavy atom. The first-order valence-electron chi connectivity index (χ1n) is 6.90. The van der Waals surface area contributed by atoms with Crippen LogP contribution in [-0.4, -0.2) is 15.5 Å². The van der Waals surface area contributed by atoms with E-state index in [0.29, 0.717) is 12.2 Å². The van der Waals surface area contributed by atoms with Crippen LogP contribution in [0.2, 0.25) is 0 Å². The van der Waals surface area contributed by atoms with Crippen LogP contribution in [0.3, 0.4) is 0 Å². The molecule has 0 unspecified atom stereocenters. The second kappa shape index (κ2) is 5.40. The first-order valence-corrected chi connectivity index (χ1v) is 6.90. The minimum Gasteiger partial charge on any atom is -0.348 e. The van der Waals surface area contributed by atoms with Crippen LogP contribution in [0.25, 0.3) is 10.9 Å². The molecule has 0 saturated carbocycles. The Morgan fingerprint density at radius 1 is 1.19 bits per heavy atom. The minimum atomic E-state index is -0.0480. The molecule has 0 aliphatic heterocycles. The average Bonchev–Trinajstić information content (AvgIpc) is 2.74. The summed E-state index contributed by atoms with van der Waals surface area (Å²) in [6.07, 6.45) is 2.02. The maximum absolute atomic E-state index is 12.2. The molecule has 0 bridgehead atoms. The van der Waals surface area contributed by atoms with E-state index in [1.807, 2.05) is 38.2 Å². The Labute approximate surface area is 123 Å². The average molecular weight is 279 g/mol. The Morgan fingerprint density at radius 3 is 2.71 bits per heavy atom. The third-order valence-electron chi connectivity index (χ3n) is 3.80. The molecule has 3 aromatic rings. The fourth-order valence-electron chi connectivity index (χ4n) is 2.61. The molecule has 0 aliphatic rings. The third kappa shape index (κ3) is 2.52. The summed E-state index contributed by atoms with van der Waals surface area (Å²) in [5.74, 6) is 0.536. The van der Waals surface area contributed by atoms with Crippen molar-refractivity contribution in [2.24, 2.45) is 7.05 Å². The molecule has 0 atom stereocenters. The van der Waals surface area contributed by atoms with Crippen LogP contribution in [0.5, 0.6) is 0 Å². The fourth-order valence-corrected chi connectivity index (χ4v) is 2.61. The monoisotopic (exact) mass is 279 g/mol. The summed E-state index contributed by atoms with van der Waals surface area (Å²) in [5, 5.41) is 3.97. The molecular formula is C17H17N3O. The Balaban J connectivity index is 1.88. The molecule has 1 aromatic carbocycles. The van der Waals surface area contributed by atoms with Gasteiger partial charge in [-0.25, -0.2) is 4.98 Å². The highest BCUT2D eigenvalue weighted by molar-refractivity contribution is 5.96. The summed E-state index contributed by atoms with van der Waals surface area (Å²) in [6, 6.07) is 13.6. The number of amides is 1. The summed E-state index contributed by atoms with van der Waals surface area (Å²) in [7, 11) is 2.03. The van der Waals surface area contributed by atoms with Gasteiger partial charge in [0.15, 0.2) is 0 Å². The van der Waals surface area contributed by atoms with E-state index in [0.717, 1.165) is 22.2 Å². The second-order valence-corrected chi connectivity index (χ2v) is 5.08. The van der Waals surface area contributed by atoms with Gasteiger partial charge in [0, 0.05) is 29.8 Å². The van der Waals surface area contributed by atoms with Gasteiger partial charge in [0.25, 0.3) is 0 Å². The number of carbonyl (C=O) groups excluding carboxylic acids is 1. The number of benzene rings is 1. The van der Waals surface area contributed by atoms with Crippen molar-refractivity contribution in [3.63, 3.8) is 0 Å². The molecule has 2 heterocycles. The zero-order chi connectivity index (χ0) is 14.8. The number of aromatic nitrogens is 2. The summed E-state index contributed by atoms with van der Waals surface area (Å²) in [5.41, 5.74) is 3.34. The second-order valence-electron chi connectivity index (χ2n) is 5.08. The van der Waals surface area contributed by atoms with E-state index in [4.69, 9.17) is 0 Å². The molecule has 0 fully saturated rings. The van der Waals surface area contributed by atoms with Crippen LogP contribution >= 0.6 is 0 Å². The first-order chi connectivity index (χ1) is 10.2. The maximum atomic E-state index is 12.2. The van der Waals surface area contributed by atoms with Crippen molar-refractivity contribution in [3.05, 3.63) is 59.9 Å². The SMILES string of the molecule is Cc1c(CC(=O)Nc2ccccn2)c2ccccc2n1C. The highest BCUT2D eigenvalue weighted by atomic mass is 16.1. The molecule has 1 amide bonds. The summed E-state index contributed by atoms with van der Waals surface area (Å²) >= 11 is 0. The van der Waals surface area contributed by atoms with Gasteiger partial charge < -0.3 is 9.88 Å². The topological polar surface area (TPSA) is 46.9 Å². The van der Waals surface area contributed by atoms with E-state index in [-0.39, 0.29) is 5.91 Å². The van der Waals surface area contributed by atoms with Crippen molar-refractivity contribution in [1.29, 1.82) is 0 Å². The lowest BCUT2D eigenvalue weighted by Gasteiger charge is -2.05. The smallest absolute Gasteiger partial charge is 0.230 e. The molecule has 3 rings (SSSR count). The highest BCUT2D eigenvalue weighted by Gasteiger charge is 2.14. The number of rotatable bonds is 3. The van der Waals surface area contributed by atoms with E-state index >= 15 is 0 Å². The summed E-state index contributed by atoms with van der Waals surface area (Å²) < 4.78 is 2.12. The standard InChI is InChI=1S/C17H17N3O/c1-12-14(13-7-3-4-8-15(13)20(12)2)11-17(21)19-16-9-5-6-10-18-16/h3-10H,11H2,1-2H3,(H,18,19,21). The summed E-state index contributed by atoms with van der Waals surface area (Å²) in [6.45, 7) is 2.05. The van der Waals surface area contributed by atoms with Gasteiger partial charge in [-0.2, -0.15) is 0 Å². The number of aryl methyl sites for hydroxylation is 1. The van der Waals surface area contributed by atoms with E-state index in [9.17, 15) is 4.79 Å². The summed E-state index contributed by atoms with van der Waals surface area (Å²) in [4.78, 5) is 16.3. The number of hydrogen-bond acceptors (Lipinski definition) is 2. The lowest BCUT2D eigenvalue weighted by Crippen LogP contribution is -2.15. The van der Waals surface area contributed by atoms with E-state index in [1.54, 1.807) is 12.3 Å². The van der Waals surface area contributed by atoms with Crippen LogP contribution in [0, 0.1) is 6.92 Å². The van der Waals surface area contributed by atoms with Crippen LogP contribution < -0.4 is 5.32 Å². The predicted molar refractivity (Wildman–Crippen MR) is 84.2 cm³/mol. The molecule has 1 N–H and O–H groups in total. The van der Waals surface area contributed by atoms with Crippen LogP contribution in [0.15, 0.2) is 48.7 Å². The van der Waals surface area contributed by atoms with E-state index in [2.05, 4.69) is 27.0 Å². The molecule has 0 saturated heterocycles. The van der Waals surface area contributed by atoms with Gasteiger partial charge in [-0.1, -0.05) is 24.3 Å². The van der Waals surface area contributed by atoms with Crippen molar-refractivity contribution < 1.29 is 4.79 Å². The number of nitrogens with one attached hydrogen (secondary N) is 1. The molecule has 21 heavy (non-hydrogen) atoms. The van der Waals surface area contributed by atoms with Gasteiger partial charge in [-0.05, 0) is 30.7 Å². The zero-order valence-electron chi connectivity index (χ0n) is 12.1. The fraction of sp³-hybridized carbons (Fsp3) is 0.176. The van der Waals surface area contributed by atoms with Crippen molar-refractivity contribution in [2.75, 3.05) is 5.32 Å². The van der Waals surface area contributed by atoms with Crippen LogP contribution in [-0.2, 0) is 18.3 Å². The Hall–Kier alpha value is -2.62. The van der Waals surface area contributed by atoms with Crippen molar-refractivity contribution in [2.45, 2.75) is 13.3 Å². The lowest BCUT2D eigenvalue weighted by molar-refractivity contribution is -0.115. The minimum absolute atomic E-state index is 0.0480.